The Kier molecular flexibility index (Phi) is 4.63. The molecule has 1 aliphatic rings. The fraction of sp³-hybridized carbons (Fsp3) is 1.00. The lowest BCUT2D eigenvalue weighted by Crippen LogP contribution is -2.62. The molecule has 6 heteroatoms. The van der Waals surface area contributed by atoms with Gasteiger partial charge in [0.25, 0.3) is 0 Å². The highest BCUT2D eigenvalue weighted by atomic mass is 35.5. The largest absolute Gasteiger partial charge is 0.378 e. The minimum atomic E-state index is -3.24. The molecule has 2 unspecified atom stereocenters. The second-order valence-electron chi connectivity index (χ2n) is 4.68. The van der Waals surface area contributed by atoms with Crippen LogP contribution in [0, 0.1) is 5.41 Å². The molecule has 1 aliphatic carbocycles. The fourth-order valence-corrected chi connectivity index (χ4v) is 3.71. The summed E-state index contributed by atoms with van der Waals surface area (Å²) in [5.74, 6) is 0.0950. The third-order valence-corrected chi connectivity index (χ3v) is 5.01. The number of halogens is 1. The number of hydrogen-bond donors (Lipinski definition) is 1. The molecule has 0 aromatic carbocycles. The lowest BCUT2D eigenvalue weighted by atomic mass is 9.65. The zero-order chi connectivity index (χ0) is 12.4. The third kappa shape index (κ3) is 3.09. The molecule has 1 saturated carbocycles. The van der Waals surface area contributed by atoms with Gasteiger partial charge in [-0.2, -0.15) is 0 Å². The van der Waals surface area contributed by atoms with Crippen molar-refractivity contribution >= 4 is 21.6 Å². The van der Waals surface area contributed by atoms with Crippen LogP contribution in [-0.2, 0) is 14.8 Å². The smallest absolute Gasteiger partial charge is 0.213 e. The van der Waals surface area contributed by atoms with E-state index in [2.05, 4.69) is 4.72 Å². The van der Waals surface area contributed by atoms with E-state index in [1.54, 1.807) is 0 Å². The van der Waals surface area contributed by atoms with Crippen molar-refractivity contribution in [3.8, 4) is 0 Å². The van der Waals surface area contributed by atoms with Crippen LogP contribution in [0.15, 0.2) is 0 Å². The number of sulfonamides is 1. The van der Waals surface area contributed by atoms with Gasteiger partial charge in [-0.05, 0) is 13.3 Å². The van der Waals surface area contributed by atoms with E-state index in [0.717, 1.165) is 6.42 Å². The first-order valence-corrected chi connectivity index (χ1v) is 7.69. The minimum Gasteiger partial charge on any atom is -0.378 e. The normalized spacial score (nSPS) is 28.8. The predicted molar refractivity (Wildman–Crippen MR) is 65.2 cm³/mol. The number of alkyl halides is 1. The maximum Gasteiger partial charge on any atom is 0.213 e. The molecule has 1 rings (SSSR count). The zero-order valence-electron chi connectivity index (χ0n) is 9.99. The van der Waals surface area contributed by atoms with Crippen molar-refractivity contribution in [2.24, 2.45) is 5.41 Å². The number of ether oxygens (including phenoxy) is 1. The van der Waals surface area contributed by atoms with Gasteiger partial charge in [0.15, 0.2) is 0 Å². The predicted octanol–water partition coefficient (Wildman–Crippen LogP) is 1.35. The topological polar surface area (TPSA) is 55.4 Å². The van der Waals surface area contributed by atoms with Gasteiger partial charge in [0.2, 0.25) is 10.0 Å². The Morgan fingerprint density at radius 2 is 2.12 bits per heavy atom. The summed E-state index contributed by atoms with van der Waals surface area (Å²) < 4.78 is 31.3. The van der Waals surface area contributed by atoms with Crippen molar-refractivity contribution in [1.29, 1.82) is 0 Å². The highest BCUT2D eigenvalue weighted by Crippen LogP contribution is 2.43. The standard InChI is InChI=1S/C10H20ClNO3S/c1-4-15-9-7-8(10(9,2)3)12-16(13,14)6-5-11/h8-9,12H,4-7H2,1-3H3. The van der Waals surface area contributed by atoms with Crippen molar-refractivity contribution in [3.63, 3.8) is 0 Å². The van der Waals surface area contributed by atoms with Crippen LogP contribution in [0.2, 0.25) is 0 Å². The molecule has 0 amide bonds. The highest BCUT2D eigenvalue weighted by molar-refractivity contribution is 7.89. The van der Waals surface area contributed by atoms with E-state index in [4.69, 9.17) is 16.3 Å². The van der Waals surface area contributed by atoms with Crippen LogP contribution >= 0.6 is 11.6 Å². The van der Waals surface area contributed by atoms with Gasteiger partial charge in [-0.1, -0.05) is 13.8 Å². The van der Waals surface area contributed by atoms with Crippen molar-refractivity contribution < 1.29 is 13.2 Å². The quantitative estimate of drug-likeness (QED) is 0.741. The lowest BCUT2D eigenvalue weighted by Gasteiger charge is -2.51. The molecule has 0 saturated heterocycles. The van der Waals surface area contributed by atoms with Crippen LogP contribution in [0.1, 0.15) is 27.2 Å². The summed E-state index contributed by atoms with van der Waals surface area (Å²) in [6.45, 7) is 6.64. The van der Waals surface area contributed by atoms with Crippen LogP contribution in [0.3, 0.4) is 0 Å². The van der Waals surface area contributed by atoms with Gasteiger partial charge in [0, 0.05) is 23.9 Å². The van der Waals surface area contributed by atoms with E-state index in [-0.39, 0.29) is 29.2 Å². The maximum atomic E-state index is 11.5. The van der Waals surface area contributed by atoms with E-state index in [1.165, 1.54) is 0 Å². The summed E-state index contributed by atoms with van der Waals surface area (Å²) in [6, 6.07) is -0.0442. The van der Waals surface area contributed by atoms with Crippen LogP contribution in [0.4, 0.5) is 0 Å². The van der Waals surface area contributed by atoms with Gasteiger partial charge >= 0.3 is 0 Å². The van der Waals surface area contributed by atoms with E-state index in [9.17, 15) is 8.42 Å². The molecular formula is C10H20ClNO3S. The second kappa shape index (κ2) is 5.21. The first kappa shape index (κ1) is 14.2. The summed E-state index contributed by atoms with van der Waals surface area (Å²) in [5.41, 5.74) is -0.143. The molecule has 96 valence electrons. The SMILES string of the molecule is CCOC1CC(NS(=O)(=O)CCCl)C1(C)C. The van der Waals surface area contributed by atoms with Gasteiger partial charge in [-0.3, -0.25) is 0 Å². The monoisotopic (exact) mass is 269 g/mol. The fourth-order valence-electron chi connectivity index (χ4n) is 1.95. The first-order chi connectivity index (χ1) is 7.33. The Hall–Kier alpha value is 0.160. The Morgan fingerprint density at radius 3 is 2.56 bits per heavy atom. The molecule has 1 N–H and O–H groups in total. The Bertz CT molecular complexity index is 329. The lowest BCUT2D eigenvalue weighted by molar-refractivity contribution is -0.108. The molecular weight excluding hydrogens is 250 g/mol. The van der Waals surface area contributed by atoms with E-state index in [0.29, 0.717) is 6.61 Å². The van der Waals surface area contributed by atoms with Crippen LogP contribution < -0.4 is 4.72 Å². The van der Waals surface area contributed by atoms with Gasteiger partial charge in [0.1, 0.15) is 0 Å². The van der Waals surface area contributed by atoms with Gasteiger partial charge in [-0.25, -0.2) is 13.1 Å². The summed E-state index contributed by atoms with van der Waals surface area (Å²) in [6.07, 6.45) is 0.878. The third-order valence-electron chi connectivity index (χ3n) is 3.21. The number of nitrogens with one attached hydrogen (secondary N) is 1. The van der Waals surface area contributed by atoms with Crippen molar-refractivity contribution in [1.82, 2.24) is 4.72 Å². The average molecular weight is 270 g/mol. The summed E-state index contributed by atoms with van der Waals surface area (Å²) >= 11 is 5.44. The van der Waals surface area contributed by atoms with Crippen molar-refractivity contribution in [3.05, 3.63) is 0 Å². The molecule has 2 atom stereocenters. The number of rotatable bonds is 6. The maximum absolute atomic E-state index is 11.5. The van der Waals surface area contributed by atoms with Crippen molar-refractivity contribution in [2.45, 2.75) is 39.3 Å². The second-order valence-corrected chi connectivity index (χ2v) is 6.93. The molecule has 0 aromatic rings. The van der Waals surface area contributed by atoms with E-state index in [1.807, 2.05) is 20.8 Å². The molecule has 0 heterocycles. The molecule has 0 aromatic heterocycles. The Balaban J connectivity index is 2.54. The van der Waals surface area contributed by atoms with Gasteiger partial charge < -0.3 is 4.74 Å². The van der Waals surface area contributed by atoms with Crippen LogP contribution in [-0.4, -0.2) is 38.8 Å². The molecule has 0 bridgehead atoms. The number of hydrogen-bond acceptors (Lipinski definition) is 3. The molecule has 0 radical (unpaired) electrons. The summed E-state index contributed by atoms with van der Waals surface area (Å²) in [7, 11) is -3.24. The van der Waals surface area contributed by atoms with E-state index >= 15 is 0 Å². The van der Waals surface area contributed by atoms with Crippen LogP contribution in [0.5, 0.6) is 0 Å². The molecule has 0 aliphatic heterocycles. The van der Waals surface area contributed by atoms with Gasteiger partial charge in [-0.15, -0.1) is 11.6 Å². The Morgan fingerprint density at radius 1 is 1.50 bits per heavy atom. The summed E-state index contributed by atoms with van der Waals surface area (Å²) in [4.78, 5) is 0. The average Bonchev–Trinajstić information content (AvgIpc) is 2.16. The minimum absolute atomic E-state index is 0.0273. The van der Waals surface area contributed by atoms with E-state index < -0.39 is 10.0 Å². The molecule has 0 spiro atoms. The molecule has 1 fully saturated rings. The Labute approximate surface area is 103 Å². The first-order valence-electron chi connectivity index (χ1n) is 5.51. The highest BCUT2D eigenvalue weighted by Gasteiger charge is 2.50. The molecule has 16 heavy (non-hydrogen) atoms. The zero-order valence-corrected chi connectivity index (χ0v) is 11.6. The van der Waals surface area contributed by atoms with Gasteiger partial charge in [0.05, 0.1) is 11.9 Å². The van der Waals surface area contributed by atoms with Crippen LogP contribution in [0.25, 0.3) is 0 Å². The van der Waals surface area contributed by atoms with Crippen molar-refractivity contribution in [2.75, 3.05) is 18.2 Å². The summed E-state index contributed by atoms with van der Waals surface area (Å²) in [5, 5.41) is 0. The molecule has 4 nitrogen and oxygen atoms in total.